The lowest BCUT2D eigenvalue weighted by Gasteiger charge is -2.38. The van der Waals surface area contributed by atoms with Crippen LogP contribution in [-0.4, -0.2) is 61.3 Å². The van der Waals surface area contributed by atoms with Gasteiger partial charge in [-0.05, 0) is 53.1 Å². The largest absolute Gasteiger partial charge is 0.507 e. The van der Waals surface area contributed by atoms with Gasteiger partial charge in [-0.2, -0.15) is 17.9 Å². The number of alkyl halides is 3. The standard InChI is InChI=1S/C30H31F3N6O/c1-21-7-5-8-22(2)28(21)39-29(34-35-36-39)26(14-13-24-10-3-4-12-27(24)40)38-17-15-37(16-18-38)20-23-9-6-11-25(19-23)30(31,32)33/h3-14,19,26,40H,15-18,20H2,1-2H3/b14-13+. The molecule has 0 saturated carbocycles. The molecule has 1 unspecified atom stereocenters. The van der Waals surface area contributed by atoms with Crippen molar-refractivity contribution in [2.75, 3.05) is 26.2 Å². The van der Waals surface area contributed by atoms with Crippen molar-refractivity contribution < 1.29 is 18.3 Å². The second-order valence-corrected chi connectivity index (χ2v) is 10.1. The second-order valence-electron chi connectivity index (χ2n) is 10.1. The maximum atomic E-state index is 13.2. The third kappa shape index (κ3) is 6.08. The van der Waals surface area contributed by atoms with E-state index in [0.717, 1.165) is 22.9 Å². The van der Waals surface area contributed by atoms with Gasteiger partial charge in [0.25, 0.3) is 0 Å². The Morgan fingerprint density at radius 2 is 1.62 bits per heavy atom. The molecule has 5 rings (SSSR count). The summed E-state index contributed by atoms with van der Waals surface area (Å²) in [7, 11) is 0. The first-order chi connectivity index (χ1) is 19.2. The van der Waals surface area contributed by atoms with E-state index in [0.29, 0.717) is 49.7 Å². The van der Waals surface area contributed by atoms with Crippen LogP contribution < -0.4 is 0 Å². The van der Waals surface area contributed by atoms with E-state index in [9.17, 15) is 18.3 Å². The highest BCUT2D eigenvalue weighted by atomic mass is 19.4. The average molecular weight is 549 g/mol. The molecule has 40 heavy (non-hydrogen) atoms. The molecule has 2 heterocycles. The number of tetrazole rings is 1. The van der Waals surface area contributed by atoms with Crippen molar-refractivity contribution in [1.29, 1.82) is 0 Å². The summed E-state index contributed by atoms with van der Waals surface area (Å²) in [6.07, 6.45) is -0.493. The van der Waals surface area contributed by atoms with Gasteiger partial charge in [-0.1, -0.05) is 66.7 Å². The summed E-state index contributed by atoms with van der Waals surface area (Å²) in [5.74, 6) is 0.827. The lowest BCUT2D eigenvalue weighted by atomic mass is 10.1. The van der Waals surface area contributed by atoms with Gasteiger partial charge in [-0.15, -0.1) is 5.10 Å². The van der Waals surface area contributed by atoms with Crippen LogP contribution in [0.15, 0.2) is 72.8 Å². The molecule has 0 spiro atoms. The van der Waals surface area contributed by atoms with Gasteiger partial charge in [0.2, 0.25) is 0 Å². The molecule has 1 aliphatic rings. The third-order valence-electron chi connectivity index (χ3n) is 7.27. The Morgan fingerprint density at radius 1 is 0.925 bits per heavy atom. The summed E-state index contributed by atoms with van der Waals surface area (Å²) in [5, 5.41) is 23.1. The van der Waals surface area contributed by atoms with Gasteiger partial charge < -0.3 is 5.11 Å². The molecule has 208 valence electrons. The molecular weight excluding hydrogens is 517 g/mol. The van der Waals surface area contributed by atoms with Crippen molar-refractivity contribution in [3.8, 4) is 11.4 Å². The quantitative estimate of drug-likeness (QED) is 0.325. The van der Waals surface area contributed by atoms with Crippen molar-refractivity contribution in [2.45, 2.75) is 32.6 Å². The maximum Gasteiger partial charge on any atom is 0.416 e. The number of phenolic OH excluding ortho intramolecular Hbond substituents is 1. The lowest BCUT2D eigenvalue weighted by molar-refractivity contribution is -0.137. The predicted octanol–water partition coefficient (Wildman–Crippen LogP) is 5.58. The molecule has 0 bridgehead atoms. The molecule has 1 fully saturated rings. The van der Waals surface area contributed by atoms with E-state index in [4.69, 9.17) is 0 Å². The number of halogens is 3. The highest BCUT2D eigenvalue weighted by molar-refractivity contribution is 5.57. The van der Waals surface area contributed by atoms with E-state index in [2.05, 4.69) is 25.3 Å². The van der Waals surface area contributed by atoms with E-state index >= 15 is 0 Å². The van der Waals surface area contributed by atoms with E-state index < -0.39 is 11.7 Å². The molecule has 0 radical (unpaired) electrons. The Bertz CT molecular complexity index is 1470. The zero-order valence-corrected chi connectivity index (χ0v) is 22.4. The van der Waals surface area contributed by atoms with E-state index in [1.165, 1.54) is 12.1 Å². The van der Waals surface area contributed by atoms with Crippen LogP contribution in [0.3, 0.4) is 0 Å². The number of aryl methyl sites for hydroxylation is 2. The Kier molecular flexibility index (Phi) is 7.99. The van der Waals surface area contributed by atoms with Crippen molar-refractivity contribution in [1.82, 2.24) is 30.0 Å². The molecule has 1 aromatic heterocycles. The fourth-order valence-corrected chi connectivity index (χ4v) is 5.18. The van der Waals surface area contributed by atoms with E-state index in [1.54, 1.807) is 22.9 Å². The summed E-state index contributed by atoms with van der Waals surface area (Å²) in [6, 6.07) is 18.4. The van der Waals surface area contributed by atoms with Crippen molar-refractivity contribution in [3.05, 3.63) is 106 Å². The molecule has 3 aromatic carbocycles. The number of rotatable bonds is 7. The van der Waals surface area contributed by atoms with Crippen LogP contribution in [0.5, 0.6) is 5.75 Å². The molecule has 1 saturated heterocycles. The second kappa shape index (κ2) is 11.6. The number of phenols is 1. The molecule has 7 nitrogen and oxygen atoms in total. The average Bonchev–Trinajstić information content (AvgIpc) is 3.39. The summed E-state index contributed by atoms with van der Waals surface area (Å²) >= 11 is 0. The number of hydrogen-bond acceptors (Lipinski definition) is 6. The van der Waals surface area contributed by atoms with Gasteiger partial charge in [-0.25, -0.2) is 0 Å². The molecule has 0 amide bonds. The SMILES string of the molecule is Cc1cccc(C)c1-n1nnnc1C(/C=C/c1ccccc1O)N1CCN(Cc2cccc(C(F)(F)F)c2)CC1. The third-order valence-corrected chi connectivity index (χ3v) is 7.27. The van der Waals surface area contributed by atoms with E-state index in [1.807, 2.05) is 56.3 Å². The van der Waals surface area contributed by atoms with Crippen LogP contribution in [0.4, 0.5) is 13.2 Å². The molecule has 0 aliphatic carbocycles. The maximum absolute atomic E-state index is 13.2. The predicted molar refractivity (Wildman–Crippen MR) is 147 cm³/mol. The minimum Gasteiger partial charge on any atom is -0.507 e. The smallest absolute Gasteiger partial charge is 0.416 e. The number of nitrogens with zero attached hydrogens (tertiary/aromatic N) is 6. The first-order valence-corrected chi connectivity index (χ1v) is 13.1. The normalized spacial score (nSPS) is 16.0. The number of para-hydroxylation sites is 2. The summed E-state index contributed by atoms with van der Waals surface area (Å²) in [5.41, 5.74) is 3.70. The Hall–Kier alpha value is -4.02. The first kappa shape index (κ1) is 27.5. The first-order valence-electron chi connectivity index (χ1n) is 13.1. The molecule has 10 heteroatoms. The lowest BCUT2D eigenvalue weighted by Crippen LogP contribution is -2.47. The van der Waals surface area contributed by atoms with Crippen LogP contribution in [0.25, 0.3) is 11.8 Å². The van der Waals surface area contributed by atoms with Gasteiger partial charge in [0.1, 0.15) is 5.75 Å². The summed E-state index contributed by atoms with van der Waals surface area (Å²) < 4.78 is 41.3. The Balaban J connectivity index is 1.40. The number of aromatic nitrogens is 4. The van der Waals surface area contributed by atoms with Gasteiger partial charge in [0.05, 0.1) is 17.3 Å². The van der Waals surface area contributed by atoms with Gasteiger partial charge in [-0.3, -0.25) is 9.80 Å². The van der Waals surface area contributed by atoms with Crippen molar-refractivity contribution in [3.63, 3.8) is 0 Å². The molecule has 1 atom stereocenters. The number of piperazine rings is 1. The van der Waals surface area contributed by atoms with Crippen molar-refractivity contribution >= 4 is 6.08 Å². The number of benzene rings is 3. The summed E-state index contributed by atoms with van der Waals surface area (Å²) in [6.45, 7) is 7.14. The zero-order valence-electron chi connectivity index (χ0n) is 22.4. The zero-order chi connectivity index (χ0) is 28.3. The Labute approximate surface area is 231 Å². The number of aromatic hydroxyl groups is 1. The summed E-state index contributed by atoms with van der Waals surface area (Å²) in [4.78, 5) is 4.42. The van der Waals surface area contributed by atoms with Gasteiger partial charge >= 0.3 is 6.18 Å². The molecule has 4 aromatic rings. The van der Waals surface area contributed by atoms with Gasteiger partial charge in [0, 0.05) is 38.3 Å². The monoisotopic (exact) mass is 548 g/mol. The van der Waals surface area contributed by atoms with Crippen LogP contribution in [0.1, 0.15) is 39.7 Å². The molecule has 1 N–H and O–H groups in total. The van der Waals surface area contributed by atoms with Crippen molar-refractivity contribution in [2.24, 2.45) is 0 Å². The van der Waals surface area contributed by atoms with Crippen LogP contribution >= 0.6 is 0 Å². The van der Waals surface area contributed by atoms with E-state index in [-0.39, 0.29) is 11.8 Å². The highest BCUT2D eigenvalue weighted by Gasteiger charge is 2.31. The fraction of sp³-hybridized carbons (Fsp3) is 0.300. The minimum absolute atomic E-state index is 0.178. The fourth-order valence-electron chi connectivity index (χ4n) is 5.18. The Morgan fingerprint density at radius 3 is 2.33 bits per heavy atom. The number of hydrogen-bond donors (Lipinski definition) is 1. The van der Waals surface area contributed by atoms with Crippen LogP contribution in [0, 0.1) is 13.8 Å². The van der Waals surface area contributed by atoms with Crippen LogP contribution in [0.2, 0.25) is 0 Å². The molecular formula is C30H31F3N6O. The topological polar surface area (TPSA) is 70.3 Å². The highest BCUT2D eigenvalue weighted by Crippen LogP contribution is 2.31. The minimum atomic E-state index is -4.36. The molecule has 1 aliphatic heterocycles. The van der Waals surface area contributed by atoms with Crippen LogP contribution in [-0.2, 0) is 12.7 Å². The van der Waals surface area contributed by atoms with Gasteiger partial charge in [0.15, 0.2) is 5.82 Å².